The lowest BCUT2D eigenvalue weighted by Crippen LogP contribution is -2.74. The van der Waals surface area contributed by atoms with Crippen LogP contribution in [0.15, 0.2) is 66.3 Å². The monoisotopic (exact) mass is 1040 g/mol. The molecule has 2 aromatic carbocycles. The van der Waals surface area contributed by atoms with Gasteiger partial charge in [0.2, 0.25) is 11.8 Å². The fourth-order valence-corrected chi connectivity index (χ4v) is 12.4. The number of anilines is 1. The molecule has 0 radical (unpaired) electrons. The molecule has 3 fully saturated rings. The predicted molar refractivity (Wildman–Crippen MR) is 281 cm³/mol. The zero-order valence-electron chi connectivity index (χ0n) is 43.6. The third-order valence-electron chi connectivity index (χ3n) is 15.1. The molecule has 7 rings (SSSR count). The number of ketones is 1. The van der Waals surface area contributed by atoms with Crippen molar-refractivity contribution in [2.24, 2.45) is 22.2 Å². The molecule has 392 valence electrons. The molecule has 2 aromatic heterocycles. The zero-order valence-corrected chi connectivity index (χ0v) is 45.2. The van der Waals surface area contributed by atoms with E-state index in [1.54, 1.807) is 36.0 Å². The van der Waals surface area contributed by atoms with Gasteiger partial charge in [-0.3, -0.25) is 24.1 Å². The molecule has 16 nitrogen and oxygen atoms in total. The summed E-state index contributed by atoms with van der Waals surface area (Å²) in [6.07, 6.45) is 0.418. The van der Waals surface area contributed by atoms with Crippen molar-refractivity contribution in [1.82, 2.24) is 30.4 Å². The van der Waals surface area contributed by atoms with E-state index in [1.807, 2.05) is 58.0 Å². The first-order valence-electron chi connectivity index (χ1n) is 25.1. The number of halogens is 1. The maximum absolute atomic E-state index is 14.3. The van der Waals surface area contributed by atoms with Crippen LogP contribution in [0.3, 0.4) is 0 Å². The Morgan fingerprint density at radius 2 is 1.67 bits per heavy atom. The summed E-state index contributed by atoms with van der Waals surface area (Å²) < 4.78 is 12.3. The normalized spacial score (nSPS) is 23.5. The van der Waals surface area contributed by atoms with Crippen LogP contribution >= 0.6 is 22.9 Å². The van der Waals surface area contributed by atoms with Gasteiger partial charge in [-0.15, -0.1) is 11.3 Å². The first-order valence-corrected chi connectivity index (χ1v) is 26.3. The molecule has 3 aliphatic rings. The van der Waals surface area contributed by atoms with Crippen LogP contribution in [-0.2, 0) is 19.1 Å². The minimum Gasteiger partial charge on any atom is -0.489 e. The van der Waals surface area contributed by atoms with Crippen LogP contribution in [0.5, 0.6) is 5.75 Å². The number of likely N-dealkylation sites (tertiary alicyclic amines) is 1. The first kappa shape index (κ1) is 55.3. The van der Waals surface area contributed by atoms with E-state index in [2.05, 4.69) is 73.0 Å². The molecule has 4 heterocycles. The second-order valence-electron chi connectivity index (χ2n) is 22.3. The molecule has 4 N–H and O–H groups in total. The number of hydrogen-bond acceptors (Lipinski definition) is 14. The van der Waals surface area contributed by atoms with Crippen LogP contribution in [0.25, 0.3) is 10.4 Å². The van der Waals surface area contributed by atoms with Crippen LogP contribution in [0.1, 0.15) is 108 Å². The van der Waals surface area contributed by atoms with Crippen molar-refractivity contribution in [3.8, 4) is 22.3 Å². The fraction of sp³-hybridized carbons (Fsp3) is 0.545. The number of aliphatic hydroxyl groups excluding tert-OH is 2. The number of aryl methyl sites for hydroxylation is 1. The molecule has 2 saturated heterocycles. The van der Waals surface area contributed by atoms with E-state index in [1.165, 1.54) is 16.2 Å². The van der Waals surface area contributed by atoms with E-state index in [0.29, 0.717) is 53.7 Å². The van der Waals surface area contributed by atoms with Gasteiger partial charge in [-0.25, -0.2) is 9.97 Å². The number of nitriles is 1. The lowest BCUT2D eigenvalue weighted by atomic mass is 9.49. The average Bonchev–Trinajstić information content (AvgIpc) is 3.97. The summed E-state index contributed by atoms with van der Waals surface area (Å²) in [5.74, 6) is -0.754. The molecule has 0 spiro atoms. The van der Waals surface area contributed by atoms with Crippen molar-refractivity contribution in [2.75, 3.05) is 50.9 Å². The topological polar surface area (TPSA) is 211 Å². The summed E-state index contributed by atoms with van der Waals surface area (Å²) in [6.45, 7) is 21.8. The molecular formula is C55H71ClN8O8S. The smallest absolute Gasteiger partial charge is 0.253 e. The van der Waals surface area contributed by atoms with Gasteiger partial charge in [-0.2, -0.15) is 5.26 Å². The molecule has 1 aliphatic carbocycles. The number of aromatic nitrogens is 2. The second kappa shape index (κ2) is 22.6. The summed E-state index contributed by atoms with van der Waals surface area (Å²) in [6, 6.07) is 16.7. The van der Waals surface area contributed by atoms with E-state index in [9.17, 15) is 34.7 Å². The van der Waals surface area contributed by atoms with E-state index in [-0.39, 0.29) is 74.4 Å². The van der Waals surface area contributed by atoms with Gasteiger partial charge in [0, 0.05) is 86.2 Å². The number of ether oxygens (including phenoxy) is 2. The maximum Gasteiger partial charge on any atom is 0.253 e. The number of nitrogens with zero attached hydrogens (tertiary/aromatic N) is 6. The number of β-amino-alcohol motifs (C(OH)–C–C–N with tert-alkyl or cyclic N) is 1. The number of thiazole rings is 1. The number of carbonyl (C=O) groups is 4. The molecule has 4 aromatic rings. The van der Waals surface area contributed by atoms with Crippen LogP contribution in [-0.4, -0.2) is 136 Å². The largest absolute Gasteiger partial charge is 0.489 e. The number of benzene rings is 2. The predicted octanol–water partition coefficient (Wildman–Crippen LogP) is 7.00. The lowest BCUT2D eigenvalue weighted by molar-refractivity contribution is -0.164. The van der Waals surface area contributed by atoms with E-state index < -0.39 is 46.3 Å². The minimum atomic E-state index is -0.976. The Morgan fingerprint density at radius 1 is 0.986 bits per heavy atom. The van der Waals surface area contributed by atoms with Gasteiger partial charge in [0.25, 0.3) is 5.91 Å². The summed E-state index contributed by atoms with van der Waals surface area (Å²) in [5.41, 5.74) is 3.75. The highest BCUT2D eigenvalue weighted by atomic mass is 35.5. The summed E-state index contributed by atoms with van der Waals surface area (Å²) >= 11 is 7.80. The standard InChI is InChI=1S/C55H71ClN8O8S/c1-32-26-62(46-18-16-38(25-58-46)48(68)61-51-54(7,8)52(55(51,9)10)72-41-17-15-37(24-57)43(56)23-41)27-33(2)63(32)19-20-71-30-40(67)21-42(53(4,5)6)50(70)64-28-39(66)22-45(64)49(69)60-44(29-65)35-11-13-36(14-12-35)47-34(3)59-31-73-47/h11-18,23,25,31-33,39,42,44-45,51-52,65-66H,19-22,26-30H2,1-10H3,(H,60,69)(H,61,68)/t32-,33+,39-,42-,44+,45+,51?,52?/m1/s1. The number of rotatable bonds is 18. The summed E-state index contributed by atoms with van der Waals surface area (Å²) in [5, 5.41) is 36.8. The van der Waals surface area contributed by atoms with Crippen LogP contribution in [0.4, 0.5) is 5.82 Å². The van der Waals surface area contributed by atoms with Gasteiger partial charge in [0.15, 0.2) is 5.78 Å². The van der Waals surface area contributed by atoms with Crippen molar-refractivity contribution >= 4 is 52.3 Å². The van der Waals surface area contributed by atoms with Crippen LogP contribution in [0.2, 0.25) is 5.02 Å². The fourth-order valence-electron chi connectivity index (χ4n) is 11.4. The molecule has 6 atom stereocenters. The van der Waals surface area contributed by atoms with Crippen LogP contribution in [0, 0.1) is 40.4 Å². The van der Waals surface area contributed by atoms with E-state index in [0.717, 1.165) is 22.0 Å². The first-order chi connectivity index (χ1) is 34.4. The Bertz CT molecular complexity index is 2640. The third-order valence-corrected chi connectivity index (χ3v) is 16.4. The van der Waals surface area contributed by atoms with Gasteiger partial charge in [-0.1, -0.05) is 84.3 Å². The van der Waals surface area contributed by atoms with Crippen molar-refractivity contribution in [2.45, 2.75) is 124 Å². The summed E-state index contributed by atoms with van der Waals surface area (Å²) in [7, 11) is 0. The SMILES string of the molecule is Cc1ncsc1-c1ccc([C@H](CO)NC(=O)[C@@H]2C[C@@H](O)CN2C(=O)[C@@H](CC(=O)COCCN2[C@H](C)CN(c3ccc(C(=O)NC4C(C)(C)C(Oc5ccc(C#N)c(Cl)c5)C4(C)C)cn3)C[C@@H]2C)C(C)(C)C)cc1. The van der Waals surface area contributed by atoms with Gasteiger partial charge in [0.1, 0.15) is 36.4 Å². The van der Waals surface area contributed by atoms with Crippen molar-refractivity contribution in [1.29, 1.82) is 5.26 Å². The van der Waals surface area contributed by atoms with Gasteiger partial charge in [-0.05, 0) is 61.6 Å². The lowest BCUT2D eigenvalue weighted by Gasteiger charge is -2.63. The Morgan fingerprint density at radius 3 is 2.25 bits per heavy atom. The third kappa shape index (κ3) is 12.2. The maximum atomic E-state index is 14.3. The Kier molecular flexibility index (Phi) is 17.1. The summed E-state index contributed by atoms with van der Waals surface area (Å²) in [4.78, 5) is 71.2. The highest BCUT2D eigenvalue weighted by Crippen LogP contribution is 2.55. The van der Waals surface area contributed by atoms with Gasteiger partial charge in [0.05, 0.1) is 57.6 Å². The molecule has 18 heteroatoms. The number of amides is 3. The van der Waals surface area contributed by atoms with Crippen LogP contribution < -0.4 is 20.3 Å². The van der Waals surface area contributed by atoms with Gasteiger partial charge >= 0.3 is 0 Å². The zero-order chi connectivity index (χ0) is 53.2. The number of pyridine rings is 1. The molecule has 1 saturated carbocycles. The highest BCUT2D eigenvalue weighted by molar-refractivity contribution is 7.13. The van der Waals surface area contributed by atoms with E-state index >= 15 is 0 Å². The minimum absolute atomic E-state index is 0.0388. The second-order valence-corrected chi connectivity index (χ2v) is 23.6. The number of aliphatic hydroxyl groups is 2. The molecule has 3 amide bonds. The molecular weight excluding hydrogens is 968 g/mol. The Balaban J connectivity index is 0.867. The quantitative estimate of drug-likeness (QED) is 0.0741. The van der Waals surface area contributed by atoms with Crippen molar-refractivity contribution < 1.29 is 38.9 Å². The Hall–Kier alpha value is -5.48. The Labute approximate surface area is 438 Å². The number of hydrogen-bond donors (Lipinski definition) is 4. The number of Topliss-reactive ketones (excluding diaryl/α,β-unsaturated/α-hetero) is 1. The highest BCUT2D eigenvalue weighted by Gasteiger charge is 2.64. The van der Waals surface area contributed by atoms with Crippen molar-refractivity contribution in [3.05, 3.63) is 93.7 Å². The van der Waals surface area contributed by atoms with Gasteiger partial charge < -0.3 is 40.1 Å². The molecule has 2 aliphatic heterocycles. The average molecular weight is 1040 g/mol. The number of piperazine rings is 1. The molecule has 0 unspecified atom stereocenters. The molecule has 73 heavy (non-hydrogen) atoms. The number of carbonyl (C=O) groups excluding carboxylic acids is 4. The van der Waals surface area contributed by atoms with Crippen molar-refractivity contribution in [3.63, 3.8) is 0 Å². The van der Waals surface area contributed by atoms with E-state index in [4.69, 9.17) is 26.1 Å². The molecule has 0 bridgehead atoms. The number of nitrogens with one attached hydrogen (secondary N) is 2.